The lowest BCUT2D eigenvalue weighted by Gasteiger charge is -2.08. The van der Waals surface area contributed by atoms with E-state index in [0.29, 0.717) is 23.7 Å². The van der Waals surface area contributed by atoms with E-state index in [4.69, 9.17) is 10.5 Å². The molecule has 0 heterocycles. The number of rotatable bonds is 6. The van der Waals surface area contributed by atoms with Crippen LogP contribution in [0.1, 0.15) is 30.6 Å². The number of nitrogen functional groups attached to an aromatic ring is 1. The van der Waals surface area contributed by atoms with Crippen LogP contribution in [-0.2, 0) is 9.53 Å². The van der Waals surface area contributed by atoms with Crippen molar-refractivity contribution >= 4 is 17.6 Å². The Morgan fingerprint density at radius 2 is 1.89 bits per heavy atom. The predicted octanol–water partition coefficient (Wildman–Crippen LogP) is 1.59. The third-order valence-corrected chi connectivity index (χ3v) is 2.52. The number of carbonyl (C=O) groups is 2. The minimum Gasteiger partial charge on any atom is -0.452 e. The Kier molecular flexibility index (Phi) is 5.85. The summed E-state index contributed by atoms with van der Waals surface area (Å²) in [6.45, 7) is 4.48. The van der Waals surface area contributed by atoms with E-state index in [9.17, 15) is 9.59 Å². The van der Waals surface area contributed by atoms with Crippen LogP contribution in [-0.4, -0.2) is 25.0 Å². The number of hydrogen-bond donors (Lipinski definition) is 2. The van der Waals surface area contributed by atoms with Crippen molar-refractivity contribution in [1.82, 2.24) is 5.32 Å². The van der Waals surface area contributed by atoms with E-state index in [0.717, 1.165) is 6.42 Å². The van der Waals surface area contributed by atoms with E-state index in [1.807, 2.05) is 0 Å². The second kappa shape index (κ2) is 7.41. The SMILES string of the molecule is CC(C)CCNC(=O)COC(=O)c1ccc(N)cc1. The maximum atomic E-state index is 11.6. The van der Waals surface area contributed by atoms with E-state index in [2.05, 4.69) is 19.2 Å². The minimum absolute atomic E-state index is 0.263. The molecule has 1 amide bonds. The Morgan fingerprint density at radius 1 is 1.26 bits per heavy atom. The normalized spacial score (nSPS) is 10.3. The first-order chi connectivity index (χ1) is 8.99. The fraction of sp³-hybridized carbons (Fsp3) is 0.429. The molecule has 0 fully saturated rings. The van der Waals surface area contributed by atoms with Gasteiger partial charge in [-0.05, 0) is 36.6 Å². The van der Waals surface area contributed by atoms with Crippen LogP contribution in [0, 0.1) is 5.92 Å². The molecule has 3 N–H and O–H groups in total. The molecule has 104 valence electrons. The molecular formula is C14H20N2O3. The maximum Gasteiger partial charge on any atom is 0.338 e. The molecular weight excluding hydrogens is 244 g/mol. The van der Waals surface area contributed by atoms with Crippen LogP contribution in [0.3, 0.4) is 0 Å². The molecule has 0 bridgehead atoms. The molecule has 0 aliphatic carbocycles. The van der Waals surface area contributed by atoms with Crippen LogP contribution in [0.2, 0.25) is 0 Å². The topological polar surface area (TPSA) is 81.4 Å². The molecule has 0 atom stereocenters. The zero-order valence-electron chi connectivity index (χ0n) is 11.3. The molecule has 0 saturated heterocycles. The minimum atomic E-state index is -0.529. The summed E-state index contributed by atoms with van der Waals surface area (Å²) in [4.78, 5) is 23.0. The Bertz CT molecular complexity index is 427. The lowest BCUT2D eigenvalue weighted by Crippen LogP contribution is -2.30. The predicted molar refractivity (Wildman–Crippen MR) is 73.6 cm³/mol. The molecule has 0 aromatic heterocycles. The van der Waals surface area contributed by atoms with Crippen LogP contribution >= 0.6 is 0 Å². The molecule has 0 aliphatic heterocycles. The quantitative estimate of drug-likeness (QED) is 0.604. The summed E-state index contributed by atoms with van der Waals surface area (Å²) >= 11 is 0. The zero-order chi connectivity index (χ0) is 14.3. The fourth-order valence-electron chi connectivity index (χ4n) is 1.38. The lowest BCUT2D eigenvalue weighted by molar-refractivity contribution is -0.124. The van der Waals surface area contributed by atoms with Crippen molar-refractivity contribution in [1.29, 1.82) is 0 Å². The smallest absolute Gasteiger partial charge is 0.338 e. The fourth-order valence-corrected chi connectivity index (χ4v) is 1.38. The van der Waals surface area contributed by atoms with Crippen molar-refractivity contribution in [3.05, 3.63) is 29.8 Å². The van der Waals surface area contributed by atoms with Crippen LogP contribution in [0.4, 0.5) is 5.69 Å². The van der Waals surface area contributed by atoms with E-state index >= 15 is 0 Å². The number of esters is 1. The summed E-state index contributed by atoms with van der Waals surface area (Å²) in [5.74, 6) is -0.291. The van der Waals surface area contributed by atoms with Gasteiger partial charge in [0.15, 0.2) is 6.61 Å². The number of ether oxygens (including phenoxy) is 1. The molecule has 19 heavy (non-hydrogen) atoms. The Hall–Kier alpha value is -2.04. The highest BCUT2D eigenvalue weighted by Crippen LogP contribution is 2.06. The summed E-state index contributed by atoms with van der Waals surface area (Å²) in [6, 6.07) is 6.35. The number of hydrogen-bond acceptors (Lipinski definition) is 4. The molecule has 0 spiro atoms. The molecule has 1 aromatic carbocycles. The largest absolute Gasteiger partial charge is 0.452 e. The van der Waals surface area contributed by atoms with Gasteiger partial charge in [0, 0.05) is 12.2 Å². The summed E-state index contributed by atoms with van der Waals surface area (Å²) in [7, 11) is 0. The number of amides is 1. The molecule has 1 rings (SSSR count). The standard InChI is InChI=1S/C14H20N2O3/c1-10(2)7-8-16-13(17)9-19-14(18)11-3-5-12(15)6-4-11/h3-6,10H,7-9,15H2,1-2H3,(H,16,17). The first-order valence-corrected chi connectivity index (χ1v) is 6.28. The number of anilines is 1. The van der Waals surface area contributed by atoms with Gasteiger partial charge in [-0.3, -0.25) is 4.79 Å². The maximum absolute atomic E-state index is 11.6. The molecule has 0 aliphatic rings. The highest BCUT2D eigenvalue weighted by molar-refractivity contribution is 5.91. The average molecular weight is 264 g/mol. The molecule has 0 radical (unpaired) electrons. The highest BCUT2D eigenvalue weighted by atomic mass is 16.5. The van der Waals surface area contributed by atoms with E-state index in [1.165, 1.54) is 0 Å². The summed E-state index contributed by atoms with van der Waals surface area (Å²) in [5, 5.41) is 2.69. The first-order valence-electron chi connectivity index (χ1n) is 6.28. The average Bonchev–Trinajstić information content (AvgIpc) is 2.36. The van der Waals surface area contributed by atoms with E-state index in [1.54, 1.807) is 24.3 Å². The van der Waals surface area contributed by atoms with Crippen LogP contribution in [0.5, 0.6) is 0 Å². The third-order valence-electron chi connectivity index (χ3n) is 2.52. The first kappa shape index (κ1) is 15.0. The van der Waals surface area contributed by atoms with Crippen molar-refractivity contribution in [3.63, 3.8) is 0 Å². The number of carbonyl (C=O) groups excluding carboxylic acids is 2. The molecule has 0 unspecified atom stereocenters. The van der Waals surface area contributed by atoms with Crippen molar-refractivity contribution in [2.75, 3.05) is 18.9 Å². The van der Waals surface area contributed by atoms with Crippen molar-refractivity contribution in [2.45, 2.75) is 20.3 Å². The van der Waals surface area contributed by atoms with Gasteiger partial charge in [-0.1, -0.05) is 13.8 Å². The number of nitrogens with two attached hydrogens (primary N) is 1. The number of nitrogens with one attached hydrogen (secondary N) is 1. The third kappa shape index (κ3) is 5.90. The lowest BCUT2D eigenvalue weighted by atomic mass is 10.1. The van der Waals surface area contributed by atoms with Gasteiger partial charge in [0.2, 0.25) is 0 Å². The monoisotopic (exact) mass is 264 g/mol. The van der Waals surface area contributed by atoms with Crippen molar-refractivity contribution < 1.29 is 14.3 Å². The van der Waals surface area contributed by atoms with Gasteiger partial charge in [0.05, 0.1) is 5.56 Å². The second-order valence-corrected chi connectivity index (χ2v) is 4.73. The van der Waals surface area contributed by atoms with Gasteiger partial charge in [-0.25, -0.2) is 4.79 Å². The summed E-state index contributed by atoms with van der Waals surface area (Å²) in [5.41, 5.74) is 6.46. The van der Waals surface area contributed by atoms with Gasteiger partial charge in [-0.15, -0.1) is 0 Å². The highest BCUT2D eigenvalue weighted by Gasteiger charge is 2.09. The zero-order valence-corrected chi connectivity index (χ0v) is 11.3. The van der Waals surface area contributed by atoms with Gasteiger partial charge >= 0.3 is 5.97 Å². The summed E-state index contributed by atoms with van der Waals surface area (Å²) in [6.07, 6.45) is 0.900. The Labute approximate surface area is 113 Å². The Balaban J connectivity index is 2.30. The van der Waals surface area contributed by atoms with Crippen molar-refractivity contribution in [3.8, 4) is 0 Å². The van der Waals surface area contributed by atoms with Gasteiger partial charge in [-0.2, -0.15) is 0 Å². The van der Waals surface area contributed by atoms with Crippen molar-refractivity contribution in [2.24, 2.45) is 5.92 Å². The van der Waals surface area contributed by atoms with Gasteiger partial charge in [0.25, 0.3) is 5.91 Å². The molecule has 5 nitrogen and oxygen atoms in total. The number of benzene rings is 1. The molecule has 1 aromatic rings. The summed E-state index contributed by atoms with van der Waals surface area (Å²) < 4.78 is 4.90. The molecule has 5 heteroatoms. The molecule has 0 saturated carbocycles. The van der Waals surface area contributed by atoms with Crippen LogP contribution in [0.25, 0.3) is 0 Å². The van der Waals surface area contributed by atoms with Gasteiger partial charge < -0.3 is 15.8 Å². The van der Waals surface area contributed by atoms with E-state index in [-0.39, 0.29) is 12.5 Å². The Morgan fingerprint density at radius 3 is 2.47 bits per heavy atom. The van der Waals surface area contributed by atoms with Crippen LogP contribution < -0.4 is 11.1 Å². The second-order valence-electron chi connectivity index (χ2n) is 4.73. The van der Waals surface area contributed by atoms with E-state index < -0.39 is 5.97 Å². The van der Waals surface area contributed by atoms with Gasteiger partial charge in [0.1, 0.15) is 0 Å². The van der Waals surface area contributed by atoms with Crippen LogP contribution in [0.15, 0.2) is 24.3 Å².